The van der Waals surface area contributed by atoms with Crippen LogP contribution in [-0.2, 0) is 14.4 Å². The summed E-state index contributed by atoms with van der Waals surface area (Å²) in [6.07, 6.45) is 0.538. The summed E-state index contributed by atoms with van der Waals surface area (Å²) in [5.41, 5.74) is 0.790. The highest BCUT2D eigenvalue weighted by molar-refractivity contribution is 6.45. The Labute approximate surface area is 144 Å². The maximum atomic E-state index is 12.1. The van der Waals surface area contributed by atoms with Gasteiger partial charge >= 0.3 is 17.8 Å². The molecule has 1 aliphatic heterocycles. The number of halogens is 1. The summed E-state index contributed by atoms with van der Waals surface area (Å²) in [7, 11) is 0. The Balaban J connectivity index is 2.00. The fourth-order valence-corrected chi connectivity index (χ4v) is 2.60. The van der Waals surface area contributed by atoms with Crippen LogP contribution in [0.3, 0.4) is 0 Å². The van der Waals surface area contributed by atoms with Crippen LogP contribution in [0.15, 0.2) is 24.3 Å². The van der Waals surface area contributed by atoms with Gasteiger partial charge in [0.2, 0.25) is 5.91 Å². The van der Waals surface area contributed by atoms with Crippen LogP contribution in [0, 0.1) is 0 Å². The molecule has 1 N–H and O–H groups in total. The van der Waals surface area contributed by atoms with Gasteiger partial charge < -0.3 is 5.32 Å². The molecule has 0 aromatic heterocycles. The Kier molecular flexibility index (Phi) is 5.56. The van der Waals surface area contributed by atoms with Crippen molar-refractivity contribution in [1.29, 1.82) is 0 Å². The van der Waals surface area contributed by atoms with Gasteiger partial charge in [0.25, 0.3) is 0 Å². The van der Waals surface area contributed by atoms with Crippen LogP contribution in [0.4, 0.5) is 4.79 Å². The molecule has 24 heavy (non-hydrogen) atoms. The molecule has 7 nitrogen and oxygen atoms in total. The zero-order chi connectivity index (χ0) is 17.9. The van der Waals surface area contributed by atoms with Gasteiger partial charge in [0, 0.05) is 11.6 Å². The van der Waals surface area contributed by atoms with E-state index in [1.165, 1.54) is 0 Å². The molecule has 1 aliphatic rings. The number of nitrogens with one attached hydrogen (secondary N) is 1. The highest BCUT2D eigenvalue weighted by Gasteiger charge is 2.44. The van der Waals surface area contributed by atoms with Crippen molar-refractivity contribution in [3.8, 4) is 0 Å². The van der Waals surface area contributed by atoms with Crippen molar-refractivity contribution in [1.82, 2.24) is 15.1 Å². The van der Waals surface area contributed by atoms with E-state index < -0.39 is 30.3 Å². The monoisotopic (exact) mass is 351 g/mol. The molecule has 8 heteroatoms. The summed E-state index contributed by atoms with van der Waals surface area (Å²) in [5, 5.41) is 3.22. The average Bonchev–Trinajstić information content (AvgIpc) is 2.73. The number of nitrogens with zero attached hydrogens (tertiary/aromatic N) is 2. The molecule has 1 saturated heterocycles. The maximum absolute atomic E-state index is 12.1. The van der Waals surface area contributed by atoms with E-state index in [1.807, 2.05) is 0 Å². The van der Waals surface area contributed by atoms with Gasteiger partial charge in [-0.1, -0.05) is 30.7 Å². The molecule has 0 aliphatic carbocycles. The minimum Gasteiger partial charge on any atom is -0.348 e. The zero-order valence-electron chi connectivity index (χ0n) is 13.4. The van der Waals surface area contributed by atoms with Crippen molar-refractivity contribution in [3.05, 3.63) is 34.9 Å². The second-order valence-corrected chi connectivity index (χ2v) is 5.91. The molecule has 1 atom stereocenters. The van der Waals surface area contributed by atoms with Crippen molar-refractivity contribution in [2.75, 3.05) is 13.1 Å². The molecular formula is C16H18ClN3O4. The first-order chi connectivity index (χ1) is 11.3. The molecular weight excluding hydrogens is 334 g/mol. The number of benzene rings is 1. The molecule has 0 unspecified atom stereocenters. The first-order valence-electron chi connectivity index (χ1n) is 7.57. The van der Waals surface area contributed by atoms with E-state index >= 15 is 0 Å². The predicted octanol–water partition coefficient (Wildman–Crippen LogP) is 1.72. The van der Waals surface area contributed by atoms with Crippen molar-refractivity contribution < 1.29 is 19.2 Å². The zero-order valence-corrected chi connectivity index (χ0v) is 14.2. The van der Waals surface area contributed by atoms with E-state index in [-0.39, 0.29) is 12.6 Å². The van der Waals surface area contributed by atoms with Gasteiger partial charge in [0.15, 0.2) is 0 Å². The molecule has 5 amide bonds. The van der Waals surface area contributed by atoms with Crippen LogP contribution in [0.25, 0.3) is 0 Å². The lowest BCUT2D eigenvalue weighted by atomic mass is 10.1. The van der Waals surface area contributed by atoms with Gasteiger partial charge in [-0.25, -0.2) is 9.69 Å². The first kappa shape index (κ1) is 17.9. The van der Waals surface area contributed by atoms with Gasteiger partial charge in [-0.2, -0.15) is 0 Å². The molecule has 0 spiro atoms. The summed E-state index contributed by atoms with van der Waals surface area (Å²) >= 11 is 5.91. The Morgan fingerprint density at radius 2 is 1.88 bits per heavy atom. The minimum atomic E-state index is -0.973. The standard InChI is InChI=1S/C16H18ClN3O4/c1-3-7-19-14(22)15(23)20(16(19)24)9-13(21)18-10(2)11-5-4-6-12(17)8-11/h4-6,8,10H,3,7,9H2,1-2H3,(H,18,21)/t10-/m1/s1. The molecule has 1 heterocycles. The fraction of sp³-hybridized carbons (Fsp3) is 0.375. The van der Waals surface area contributed by atoms with Crippen LogP contribution in [0.5, 0.6) is 0 Å². The van der Waals surface area contributed by atoms with Crippen LogP contribution in [-0.4, -0.2) is 46.6 Å². The number of urea groups is 1. The molecule has 0 bridgehead atoms. The summed E-state index contributed by atoms with van der Waals surface area (Å²) in [4.78, 5) is 49.3. The Morgan fingerprint density at radius 3 is 2.50 bits per heavy atom. The largest absolute Gasteiger partial charge is 0.348 e. The minimum absolute atomic E-state index is 0.153. The van der Waals surface area contributed by atoms with Gasteiger partial charge in [0.1, 0.15) is 6.54 Å². The lowest BCUT2D eigenvalue weighted by Crippen LogP contribution is -2.42. The maximum Gasteiger partial charge on any atom is 0.334 e. The van der Waals surface area contributed by atoms with E-state index in [1.54, 1.807) is 38.1 Å². The summed E-state index contributed by atoms with van der Waals surface area (Å²) in [6.45, 7) is 3.20. The normalized spacial score (nSPS) is 15.9. The van der Waals surface area contributed by atoms with Gasteiger partial charge in [-0.3, -0.25) is 19.3 Å². The molecule has 1 aromatic carbocycles. The molecule has 0 radical (unpaired) electrons. The Hall–Kier alpha value is -2.41. The summed E-state index contributed by atoms with van der Waals surface area (Å²) < 4.78 is 0. The lowest BCUT2D eigenvalue weighted by molar-refractivity contribution is -0.144. The summed E-state index contributed by atoms with van der Waals surface area (Å²) in [5.74, 6) is -2.40. The number of hydrogen-bond acceptors (Lipinski definition) is 4. The number of carbonyl (C=O) groups excluding carboxylic acids is 4. The molecule has 128 valence electrons. The van der Waals surface area contributed by atoms with Gasteiger partial charge in [-0.15, -0.1) is 0 Å². The third kappa shape index (κ3) is 3.73. The van der Waals surface area contributed by atoms with Crippen LogP contribution in [0.1, 0.15) is 31.9 Å². The van der Waals surface area contributed by atoms with E-state index in [4.69, 9.17) is 11.6 Å². The number of hydrogen-bond donors (Lipinski definition) is 1. The summed E-state index contributed by atoms with van der Waals surface area (Å²) in [6, 6.07) is 5.88. The second-order valence-electron chi connectivity index (χ2n) is 5.47. The second kappa shape index (κ2) is 7.44. The van der Waals surface area contributed by atoms with E-state index in [9.17, 15) is 19.2 Å². The Bertz CT molecular complexity index is 692. The fourth-order valence-electron chi connectivity index (χ4n) is 2.40. The van der Waals surface area contributed by atoms with E-state index in [0.717, 1.165) is 10.5 Å². The number of carbonyl (C=O) groups is 4. The van der Waals surface area contributed by atoms with Crippen LogP contribution in [0.2, 0.25) is 5.02 Å². The lowest BCUT2D eigenvalue weighted by Gasteiger charge is -2.18. The quantitative estimate of drug-likeness (QED) is 0.624. The van der Waals surface area contributed by atoms with Crippen molar-refractivity contribution >= 4 is 35.4 Å². The van der Waals surface area contributed by atoms with Crippen molar-refractivity contribution in [3.63, 3.8) is 0 Å². The third-order valence-electron chi connectivity index (χ3n) is 3.61. The van der Waals surface area contributed by atoms with Crippen molar-refractivity contribution in [2.24, 2.45) is 0 Å². The molecule has 2 rings (SSSR count). The first-order valence-corrected chi connectivity index (χ1v) is 7.95. The smallest absolute Gasteiger partial charge is 0.334 e. The molecule has 1 aromatic rings. The Morgan fingerprint density at radius 1 is 1.21 bits per heavy atom. The molecule has 1 fully saturated rings. The third-order valence-corrected chi connectivity index (χ3v) is 3.85. The predicted molar refractivity (Wildman–Crippen MR) is 87.1 cm³/mol. The number of amides is 5. The van der Waals surface area contributed by atoms with Crippen LogP contribution >= 0.6 is 11.6 Å². The number of rotatable bonds is 6. The van der Waals surface area contributed by atoms with Crippen LogP contribution < -0.4 is 5.32 Å². The average molecular weight is 352 g/mol. The van der Waals surface area contributed by atoms with Gasteiger partial charge in [0.05, 0.1) is 6.04 Å². The number of imide groups is 2. The van der Waals surface area contributed by atoms with Gasteiger partial charge in [-0.05, 0) is 31.0 Å². The van der Waals surface area contributed by atoms with Crippen molar-refractivity contribution in [2.45, 2.75) is 26.3 Å². The molecule has 0 saturated carbocycles. The SMILES string of the molecule is CCCN1C(=O)C(=O)N(CC(=O)N[C@H](C)c2cccc(Cl)c2)C1=O. The highest BCUT2D eigenvalue weighted by Crippen LogP contribution is 2.18. The topological polar surface area (TPSA) is 86.8 Å². The van der Waals surface area contributed by atoms with E-state index in [0.29, 0.717) is 16.3 Å². The van der Waals surface area contributed by atoms with E-state index in [2.05, 4.69) is 5.32 Å². The highest BCUT2D eigenvalue weighted by atomic mass is 35.5.